The molecule has 0 radical (unpaired) electrons. The van der Waals surface area contributed by atoms with Crippen LogP contribution in [0.5, 0.6) is 0 Å². The summed E-state index contributed by atoms with van der Waals surface area (Å²) >= 11 is 0. The van der Waals surface area contributed by atoms with Gasteiger partial charge in [-0.15, -0.1) is 5.10 Å². The number of aryl methyl sites for hydroxylation is 1. The van der Waals surface area contributed by atoms with Crippen LogP contribution in [0.15, 0.2) is 30.7 Å². The predicted octanol–water partition coefficient (Wildman–Crippen LogP) is 0.897. The highest BCUT2D eigenvalue weighted by molar-refractivity contribution is 5.93. The number of aromatic nitrogens is 5. The summed E-state index contributed by atoms with van der Waals surface area (Å²) in [6.45, 7) is -0.0227. The van der Waals surface area contributed by atoms with E-state index in [-0.39, 0.29) is 24.3 Å². The van der Waals surface area contributed by atoms with Crippen molar-refractivity contribution in [3.63, 3.8) is 0 Å². The summed E-state index contributed by atoms with van der Waals surface area (Å²) in [5.74, 6) is 0.0204. The monoisotopic (exact) mass is 342 g/mol. The number of hydrogen-bond acceptors (Lipinski definition) is 5. The van der Waals surface area contributed by atoms with Gasteiger partial charge in [0.15, 0.2) is 5.82 Å². The third-order valence-corrected chi connectivity index (χ3v) is 3.49. The van der Waals surface area contributed by atoms with Gasteiger partial charge in [0.1, 0.15) is 6.54 Å². The van der Waals surface area contributed by atoms with Crippen molar-refractivity contribution < 1.29 is 9.59 Å². The van der Waals surface area contributed by atoms with Crippen LogP contribution in [0.25, 0.3) is 11.0 Å². The minimum Gasteiger partial charge on any atom is -0.334 e. The lowest BCUT2D eigenvalue weighted by Gasteiger charge is -2.09. The molecule has 2 aromatic heterocycles. The molecule has 3 amide bonds. The molecule has 2 heterocycles. The van der Waals surface area contributed by atoms with E-state index in [9.17, 15) is 9.59 Å². The molecule has 0 aliphatic rings. The molecular weight excluding hydrogens is 324 g/mol. The highest BCUT2D eigenvalue weighted by Gasteiger charge is 2.10. The molecule has 10 heteroatoms. The molecule has 0 spiro atoms. The third-order valence-electron chi connectivity index (χ3n) is 3.49. The van der Waals surface area contributed by atoms with Crippen molar-refractivity contribution in [3.05, 3.63) is 30.7 Å². The van der Waals surface area contributed by atoms with Gasteiger partial charge in [0.05, 0.1) is 23.6 Å². The van der Waals surface area contributed by atoms with E-state index in [1.54, 1.807) is 26.5 Å². The zero-order chi connectivity index (χ0) is 18.0. The Hall–Kier alpha value is -3.43. The predicted molar refractivity (Wildman–Crippen MR) is 92.1 cm³/mol. The summed E-state index contributed by atoms with van der Waals surface area (Å²) in [5, 5.41) is 13.0. The number of carbonyl (C=O) groups excluding carboxylic acids is 2. The lowest BCUT2D eigenvalue weighted by Crippen LogP contribution is -2.27. The van der Waals surface area contributed by atoms with Crippen LogP contribution in [0.3, 0.4) is 0 Å². The number of nitrogens with one attached hydrogen (secondary N) is 2. The fourth-order valence-electron chi connectivity index (χ4n) is 2.22. The summed E-state index contributed by atoms with van der Waals surface area (Å²) in [6.07, 6.45) is 3.21. The molecule has 25 heavy (non-hydrogen) atoms. The summed E-state index contributed by atoms with van der Waals surface area (Å²) in [7, 11) is 5.14. The van der Waals surface area contributed by atoms with Crippen molar-refractivity contribution in [3.8, 4) is 0 Å². The van der Waals surface area contributed by atoms with E-state index in [0.29, 0.717) is 5.69 Å². The van der Waals surface area contributed by atoms with E-state index in [1.165, 1.54) is 15.8 Å². The molecule has 0 bridgehead atoms. The number of benzene rings is 1. The van der Waals surface area contributed by atoms with E-state index >= 15 is 0 Å². The zero-order valence-corrected chi connectivity index (χ0v) is 14.1. The van der Waals surface area contributed by atoms with Gasteiger partial charge in [-0.05, 0) is 18.2 Å². The second-order valence-corrected chi connectivity index (χ2v) is 5.73. The van der Waals surface area contributed by atoms with E-state index in [1.807, 2.05) is 23.7 Å². The number of anilines is 2. The van der Waals surface area contributed by atoms with Gasteiger partial charge in [-0.25, -0.2) is 14.5 Å². The molecule has 10 nitrogen and oxygen atoms in total. The van der Waals surface area contributed by atoms with Gasteiger partial charge in [-0.2, -0.15) is 0 Å². The SMILES string of the molecule is CN(C)C(=O)Nc1cn(CC(=O)Nc2ccc3c(c2)ncn3C)nn1. The number of carbonyl (C=O) groups is 2. The van der Waals surface area contributed by atoms with Crippen molar-refractivity contribution in [2.24, 2.45) is 7.05 Å². The molecular formula is C15H18N8O2. The highest BCUT2D eigenvalue weighted by atomic mass is 16.2. The number of amides is 3. The van der Waals surface area contributed by atoms with Crippen LogP contribution >= 0.6 is 0 Å². The Kier molecular flexibility index (Phi) is 4.33. The molecule has 0 fully saturated rings. The van der Waals surface area contributed by atoms with Crippen LogP contribution in [-0.2, 0) is 18.4 Å². The average molecular weight is 342 g/mol. The van der Waals surface area contributed by atoms with Crippen LogP contribution in [0.1, 0.15) is 0 Å². The largest absolute Gasteiger partial charge is 0.334 e. The molecule has 0 saturated heterocycles. The van der Waals surface area contributed by atoms with Crippen LogP contribution in [0.2, 0.25) is 0 Å². The number of hydrogen-bond donors (Lipinski definition) is 2. The summed E-state index contributed by atoms with van der Waals surface area (Å²) in [5.41, 5.74) is 2.43. The maximum absolute atomic E-state index is 12.1. The standard InChI is InChI=1S/C15H18N8O2/c1-21(2)15(25)18-13-7-23(20-19-13)8-14(24)17-10-4-5-12-11(6-10)16-9-22(12)3/h4-7,9H,8H2,1-3H3,(H,17,24)(H,18,25). The van der Waals surface area contributed by atoms with Crippen molar-refractivity contribution in [1.82, 2.24) is 29.4 Å². The first kappa shape index (κ1) is 16.4. The Bertz CT molecular complexity index is 927. The van der Waals surface area contributed by atoms with Gasteiger partial charge in [0.25, 0.3) is 0 Å². The summed E-state index contributed by atoms with van der Waals surface area (Å²) < 4.78 is 3.25. The Balaban J connectivity index is 1.62. The molecule has 2 N–H and O–H groups in total. The third kappa shape index (κ3) is 3.74. The molecule has 0 aliphatic carbocycles. The Morgan fingerprint density at radius 2 is 2.04 bits per heavy atom. The lowest BCUT2D eigenvalue weighted by molar-refractivity contribution is -0.116. The van der Waals surface area contributed by atoms with Gasteiger partial charge in [0, 0.05) is 26.8 Å². The zero-order valence-electron chi connectivity index (χ0n) is 14.1. The number of urea groups is 1. The number of nitrogens with zero attached hydrogens (tertiary/aromatic N) is 6. The maximum atomic E-state index is 12.1. The molecule has 0 saturated carbocycles. The highest BCUT2D eigenvalue weighted by Crippen LogP contribution is 2.17. The Morgan fingerprint density at radius 1 is 1.24 bits per heavy atom. The Morgan fingerprint density at radius 3 is 2.80 bits per heavy atom. The quantitative estimate of drug-likeness (QED) is 0.732. The van der Waals surface area contributed by atoms with E-state index < -0.39 is 0 Å². The van der Waals surface area contributed by atoms with Crippen LogP contribution in [0, 0.1) is 0 Å². The van der Waals surface area contributed by atoms with Gasteiger partial charge in [-0.1, -0.05) is 5.21 Å². The van der Waals surface area contributed by atoms with Crippen LogP contribution < -0.4 is 10.6 Å². The molecule has 3 aromatic rings. The minimum atomic E-state index is -0.319. The fourth-order valence-corrected chi connectivity index (χ4v) is 2.22. The second-order valence-electron chi connectivity index (χ2n) is 5.73. The lowest BCUT2D eigenvalue weighted by atomic mass is 10.2. The first-order valence-corrected chi connectivity index (χ1v) is 7.52. The smallest absolute Gasteiger partial charge is 0.322 e. The molecule has 3 rings (SSSR count). The van der Waals surface area contributed by atoms with E-state index in [0.717, 1.165) is 11.0 Å². The first-order valence-electron chi connectivity index (χ1n) is 7.52. The maximum Gasteiger partial charge on any atom is 0.322 e. The molecule has 0 aliphatic heterocycles. The molecule has 1 aromatic carbocycles. The average Bonchev–Trinajstić information content (AvgIpc) is 3.14. The van der Waals surface area contributed by atoms with E-state index in [2.05, 4.69) is 25.9 Å². The van der Waals surface area contributed by atoms with Crippen molar-refractivity contribution in [2.45, 2.75) is 6.54 Å². The van der Waals surface area contributed by atoms with Gasteiger partial charge < -0.3 is 14.8 Å². The number of rotatable bonds is 4. The van der Waals surface area contributed by atoms with Crippen molar-refractivity contribution >= 4 is 34.5 Å². The van der Waals surface area contributed by atoms with Gasteiger partial charge >= 0.3 is 6.03 Å². The summed E-state index contributed by atoms with van der Waals surface area (Å²) in [6, 6.07) is 5.19. The molecule has 0 unspecified atom stereocenters. The van der Waals surface area contributed by atoms with Crippen molar-refractivity contribution in [1.29, 1.82) is 0 Å². The molecule has 0 atom stereocenters. The van der Waals surface area contributed by atoms with E-state index in [4.69, 9.17) is 0 Å². The minimum absolute atomic E-state index is 0.0227. The number of imidazole rings is 1. The normalized spacial score (nSPS) is 10.7. The van der Waals surface area contributed by atoms with Gasteiger partial charge in [0.2, 0.25) is 5.91 Å². The second kappa shape index (κ2) is 6.59. The Labute approximate surface area is 143 Å². The first-order chi connectivity index (χ1) is 11.9. The van der Waals surface area contributed by atoms with Crippen LogP contribution in [-0.4, -0.2) is 55.5 Å². The number of fused-ring (bicyclic) bond motifs is 1. The molecule has 130 valence electrons. The topological polar surface area (TPSA) is 110 Å². The summed E-state index contributed by atoms with van der Waals surface area (Å²) in [4.78, 5) is 29.3. The van der Waals surface area contributed by atoms with Crippen LogP contribution in [0.4, 0.5) is 16.3 Å². The van der Waals surface area contributed by atoms with Gasteiger partial charge in [-0.3, -0.25) is 10.1 Å². The van der Waals surface area contributed by atoms with Crippen molar-refractivity contribution in [2.75, 3.05) is 24.7 Å². The fraction of sp³-hybridized carbons (Fsp3) is 0.267.